The van der Waals surface area contributed by atoms with Crippen molar-refractivity contribution in [2.24, 2.45) is 11.8 Å². The smallest absolute Gasteiger partial charge is 0.0720 e. The second-order valence-corrected chi connectivity index (χ2v) is 4.45. The molecule has 1 fully saturated rings. The van der Waals surface area contributed by atoms with Gasteiger partial charge in [-0.15, -0.1) is 0 Å². The molecule has 14 heavy (non-hydrogen) atoms. The lowest BCUT2D eigenvalue weighted by Gasteiger charge is -2.25. The Morgan fingerprint density at radius 1 is 1.36 bits per heavy atom. The van der Waals surface area contributed by atoms with Gasteiger partial charge in [-0.1, -0.05) is 39.0 Å². The summed E-state index contributed by atoms with van der Waals surface area (Å²) >= 11 is 0. The maximum Gasteiger partial charge on any atom is 0.0720 e. The van der Waals surface area contributed by atoms with Gasteiger partial charge in [-0.25, -0.2) is 0 Å². The SMILES string of the molecule is CCC(C#N)C(O)CC1CCCCC1. The van der Waals surface area contributed by atoms with Crippen LogP contribution in [0.25, 0.3) is 0 Å². The number of hydrogen-bond acceptors (Lipinski definition) is 2. The van der Waals surface area contributed by atoms with Crippen molar-refractivity contribution in [3.05, 3.63) is 0 Å². The van der Waals surface area contributed by atoms with Gasteiger partial charge < -0.3 is 5.11 Å². The van der Waals surface area contributed by atoms with Crippen LogP contribution >= 0.6 is 0 Å². The minimum atomic E-state index is -0.395. The molecule has 1 saturated carbocycles. The highest BCUT2D eigenvalue weighted by atomic mass is 16.3. The van der Waals surface area contributed by atoms with Gasteiger partial charge in [0.2, 0.25) is 0 Å². The van der Waals surface area contributed by atoms with E-state index in [2.05, 4.69) is 6.07 Å². The Labute approximate surface area is 86.9 Å². The molecule has 0 aromatic heterocycles. The molecule has 0 saturated heterocycles. The number of aliphatic hydroxyl groups is 1. The minimum Gasteiger partial charge on any atom is -0.392 e. The normalized spacial score (nSPS) is 22.6. The van der Waals surface area contributed by atoms with E-state index in [0.29, 0.717) is 5.92 Å². The highest BCUT2D eigenvalue weighted by molar-refractivity contribution is 4.88. The first-order valence-electron chi connectivity index (χ1n) is 5.85. The molecule has 2 nitrogen and oxygen atoms in total. The second kappa shape index (κ2) is 6.03. The van der Waals surface area contributed by atoms with Gasteiger partial charge >= 0.3 is 0 Å². The lowest BCUT2D eigenvalue weighted by atomic mass is 9.82. The molecule has 0 amide bonds. The van der Waals surface area contributed by atoms with E-state index < -0.39 is 6.10 Å². The summed E-state index contributed by atoms with van der Waals surface area (Å²) in [6.45, 7) is 1.97. The molecule has 0 heterocycles. The van der Waals surface area contributed by atoms with Crippen molar-refractivity contribution in [1.29, 1.82) is 5.26 Å². The Hall–Kier alpha value is -0.550. The summed E-state index contributed by atoms with van der Waals surface area (Å²) in [5.41, 5.74) is 0. The maximum atomic E-state index is 9.84. The number of nitriles is 1. The van der Waals surface area contributed by atoms with Crippen molar-refractivity contribution in [3.63, 3.8) is 0 Å². The first-order chi connectivity index (χ1) is 6.77. The van der Waals surface area contributed by atoms with Crippen LogP contribution in [0.5, 0.6) is 0 Å². The van der Waals surface area contributed by atoms with Crippen LogP contribution in [0, 0.1) is 23.2 Å². The monoisotopic (exact) mass is 195 g/mol. The second-order valence-electron chi connectivity index (χ2n) is 4.45. The third kappa shape index (κ3) is 3.31. The van der Waals surface area contributed by atoms with Gasteiger partial charge in [0.25, 0.3) is 0 Å². The first-order valence-corrected chi connectivity index (χ1v) is 5.85. The largest absolute Gasteiger partial charge is 0.392 e. The Balaban J connectivity index is 2.31. The summed E-state index contributed by atoms with van der Waals surface area (Å²) in [6, 6.07) is 2.19. The van der Waals surface area contributed by atoms with Crippen LogP contribution in [-0.4, -0.2) is 11.2 Å². The highest BCUT2D eigenvalue weighted by Crippen LogP contribution is 2.29. The molecule has 2 atom stereocenters. The quantitative estimate of drug-likeness (QED) is 0.749. The van der Waals surface area contributed by atoms with E-state index in [-0.39, 0.29) is 5.92 Å². The van der Waals surface area contributed by atoms with Crippen LogP contribution in [0.2, 0.25) is 0 Å². The standard InChI is InChI=1S/C12H21NO/c1-2-11(9-13)12(14)8-10-6-4-3-5-7-10/h10-12,14H,2-8H2,1H3. The Morgan fingerprint density at radius 2 is 2.00 bits per heavy atom. The molecule has 0 bridgehead atoms. The van der Waals surface area contributed by atoms with Gasteiger partial charge in [-0.3, -0.25) is 0 Å². The Morgan fingerprint density at radius 3 is 2.50 bits per heavy atom. The fourth-order valence-corrected chi connectivity index (χ4v) is 2.38. The van der Waals surface area contributed by atoms with Gasteiger partial charge in [-0.05, 0) is 18.8 Å². The zero-order chi connectivity index (χ0) is 10.4. The van der Waals surface area contributed by atoms with Gasteiger partial charge in [0.1, 0.15) is 0 Å². The summed E-state index contributed by atoms with van der Waals surface area (Å²) in [5, 5.41) is 18.7. The van der Waals surface area contributed by atoms with E-state index in [1.54, 1.807) is 0 Å². The highest BCUT2D eigenvalue weighted by Gasteiger charge is 2.22. The van der Waals surface area contributed by atoms with Crippen molar-refractivity contribution < 1.29 is 5.11 Å². The zero-order valence-electron chi connectivity index (χ0n) is 9.08. The number of nitrogens with zero attached hydrogens (tertiary/aromatic N) is 1. The van der Waals surface area contributed by atoms with E-state index in [4.69, 9.17) is 5.26 Å². The molecule has 0 aromatic rings. The van der Waals surface area contributed by atoms with Crippen molar-refractivity contribution in [3.8, 4) is 6.07 Å². The molecule has 0 spiro atoms. The van der Waals surface area contributed by atoms with Crippen LogP contribution in [0.15, 0.2) is 0 Å². The van der Waals surface area contributed by atoms with Crippen LogP contribution < -0.4 is 0 Å². The Bertz CT molecular complexity index is 191. The van der Waals surface area contributed by atoms with Gasteiger partial charge in [-0.2, -0.15) is 5.26 Å². The molecule has 1 aliphatic carbocycles. The van der Waals surface area contributed by atoms with Crippen molar-refractivity contribution >= 4 is 0 Å². The third-order valence-electron chi connectivity index (χ3n) is 3.37. The van der Waals surface area contributed by atoms with Crippen LogP contribution in [0.1, 0.15) is 51.9 Å². The number of hydrogen-bond donors (Lipinski definition) is 1. The zero-order valence-corrected chi connectivity index (χ0v) is 9.08. The third-order valence-corrected chi connectivity index (χ3v) is 3.37. The van der Waals surface area contributed by atoms with Gasteiger partial charge in [0, 0.05) is 0 Å². The molecule has 0 aromatic carbocycles. The molecule has 2 unspecified atom stereocenters. The predicted molar refractivity (Wildman–Crippen MR) is 56.6 cm³/mol. The van der Waals surface area contributed by atoms with E-state index in [9.17, 15) is 5.11 Å². The maximum absolute atomic E-state index is 9.84. The molecular formula is C12H21NO. The average Bonchev–Trinajstić information content (AvgIpc) is 2.21. The number of aliphatic hydroxyl groups excluding tert-OH is 1. The minimum absolute atomic E-state index is 0.156. The van der Waals surface area contributed by atoms with Crippen LogP contribution in [0.3, 0.4) is 0 Å². The Kier molecular flexibility index (Phi) is 4.97. The molecule has 1 aliphatic rings. The molecule has 2 heteroatoms. The molecule has 1 rings (SSSR count). The molecule has 0 radical (unpaired) electrons. The summed E-state index contributed by atoms with van der Waals surface area (Å²) < 4.78 is 0. The van der Waals surface area contributed by atoms with E-state index in [1.165, 1.54) is 32.1 Å². The molecule has 1 N–H and O–H groups in total. The van der Waals surface area contributed by atoms with Gasteiger partial charge in [0.15, 0.2) is 0 Å². The van der Waals surface area contributed by atoms with Crippen LogP contribution in [-0.2, 0) is 0 Å². The van der Waals surface area contributed by atoms with E-state index in [0.717, 1.165) is 12.8 Å². The van der Waals surface area contributed by atoms with Crippen molar-refractivity contribution in [2.75, 3.05) is 0 Å². The molecule has 80 valence electrons. The molecule has 0 aliphatic heterocycles. The summed E-state index contributed by atoms with van der Waals surface area (Å²) in [7, 11) is 0. The predicted octanol–water partition coefficient (Wildman–Crippen LogP) is 2.87. The lowest BCUT2D eigenvalue weighted by molar-refractivity contribution is 0.0937. The average molecular weight is 195 g/mol. The van der Waals surface area contributed by atoms with Crippen molar-refractivity contribution in [2.45, 2.75) is 58.0 Å². The summed E-state index contributed by atoms with van der Waals surface area (Å²) in [5.74, 6) is 0.512. The van der Waals surface area contributed by atoms with E-state index >= 15 is 0 Å². The van der Waals surface area contributed by atoms with Crippen molar-refractivity contribution in [1.82, 2.24) is 0 Å². The number of rotatable bonds is 4. The van der Waals surface area contributed by atoms with Crippen LogP contribution in [0.4, 0.5) is 0 Å². The van der Waals surface area contributed by atoms with E-state index in [1.807, 2.05) is 6.92 Å². The first kappa shape index (κ1) is 11.5. The fourth-order valence-electron chi connectivity index (χ4n) is 2.38. The summed E-state index contributed by atoms with van der Waals surface area (Å²) in [4.78, 5) is 0. The lowest BCUT2D eigenvalue weighted by Crippen LogP contribution is -2.23. The summed E-state index contributed by atoms with van der Waals surface area (Å²) in [6.07, 6.45) is 7.67. The fraction of sp³-hybridized carbons (Fsp3) is 0.917. The molecular weight excluding hydrogens is 174 g/mol. The topological polar surface area (TPSA) is 44.0 Å². The van der Waals surface area contributed by atoms with Gasteiger partial charge in [0.05, 0.1) is 18.1 Å².